The van der Waals surface area contributed by atoms with Crippen LogP contribution in [0.25, 0.3) is 0 Å². The summed E-state index contributed by atoms with van der Waals surface area (Å²) in [5.74, 6) is 1.99. The van der Waals surface area contributed by atoms with E-state index in [1.165, 1.54) is 0 Å². The normalized spacial score (nSPS) is 10.3. The molecule has 0 saturated heterocycles. The summed E-state index contributed by atoms with van der Waals surface area (Å²) in [5.41, 5.74) is 0.634. The lowest BCUT2D eigenvalue weighted by atomic mass is 10.1. The predicted molar refractivity (Wildman–Crippen MR) is 90.7 cm³/mol. The Kier molecular flexibility index (Phi) is 6.16. The van der Waals surface area contributed by atoms with Gasteiger partial charge in [0.1, 0.15) is 0 Å². The number of thioether (sulfide) groups is 1. The molecule has 0 atom stereocenters. The summed E-state index contributed by atoms with van der Waals surface area (Å²) in [7, 11) is 3.13. The zero-order chi connectivity index (χ0) is 15.9. The van der Waals surface area contributed by atoms with Crippen molar-refractivity contribution in [3.63, 3.8) is 0 Å². The molecule has 0 fully saturated rings. The minimum Gasteiger partial charge on any atom is -0.493 e. The van der Waals surface area contributed by atoms with Crippen molar-refractivity contribution in [2.24, 2.45) is 0 Å². The van der Waals surface area contributed by atoms with Crippen LogP contribution in [0.1, 0.15) is 16.8 Å². The van der Waals surface area contributed by atoms with E-state index in [-0.39, 0.29) is 5.78 Å². The molecule has 0 N–H and O–H groups in total. The second-order valence-corrected chi connectivity index (χ2v) is 6.15. The van der Waals surface area contributed by atoms with Gasteiger partial charge in [-0.2, -0.15) is 0 Å². The maximum absolute atomic E-state index is 12.2. The fourth-order valence-electron chi connectivity index (χ4n) is 1.95. The number of rotatable bonds is 7. The number of carbonyl (C=O) groups is 1. The molecular weight excluding hydrogens is 320 g/mol. The minimum atomic E-state index is 0.0856. The number of halogens is 1. The summed E-state index contributed by atoms with van der Waals surface area (Å²) in [6, 6.07) is 12.8. The molecule has 0 amide bonds. The Morgan fingerprint density at radius 2 is 1.73 bits per heavy atom. The molecule has 0 unspecified atom stereocenters. The zero-order valence-corrected chi connectivity index (χ0v) is 14.0. The molecule has 0 saturated carbocycles. The van der Waals surface area contributed by atoms with E-state index in [0.717, 1.165) is 10.6 Å². The third-order valence-corrected chi connectivity index (χ3v) is 4.38. The first-order valence-corrected chi connectivity index (χ1v) is 8.14. The summed E-state index contributed by atoms with van der Waals surface area (Å²) >= 11 is 7.48. The van der Waals surface area contributed by atoms with Crippen LogP contribution in [-0.4, -0.2) is 25.8 Å². The molecule has 5 heteroatoms. The molecule has 0 aliphatic rings. The van der Waals surface area contributed by atoms with E-state index in [1.54, 1.807) is 44.2 Å². The number of ketones is 1. The zero-order valence-electron chi connectivity index (χ0n) is 12.5. The predicted octanol–water partition coefficient (Wildman–Crippen LogP) is 4.72. The van der Waals surface area contributed by atoms with Crippen molar-refractivity contribution in [2.45, 2.75) is 11.3 Å². The molecule has 0 heterocycles. The van der Waals surface area contributed by atoms with Gasteiger partial charge in [-0.3, -0.25) is 4.79 Å². The third kappa shape index (κ3) is 4.42. The average molecular weight is 337 g/mol. The fraction of sp³-hybridized carbons (Fsp3) is 0.235. The van der Waals surface area contributed by atoms with Crippen LogP contribution >= 0.6 is 23.4 Å². The molecule has 0 aromatic heterocycles. The second-order valence-electron chi connectivity index (χ2n) is 4.55. The van der Waals surface area contributed by atoms with Crippen LogP contribution in [0, 0.1) is 0 Å². The Labute approximate surface area is 139 Å². The summed E-state index contributed by atoms with van der Waals surface area (Å²) in [6.45, 7) is 0. The van der Waals surface area contributed by atoms with Crippen LogP contribution in [0.3, 0.4) is 0 Å². The molecule has 0 aliphatic heterocycles. The van der Waals surface area contributed by atoms with E-state index in [1.807, 2.05) is 24.3 Å². The first-order valence-electron chi connectivity index (χ1n) is 6.77. The summed E-state index contributed by atoms with van der Waals surface area (Å²) < 4.78 is 10.4. The van der Waals surface area contributed by atoms with E-state index in [9.17, 15) is 4.79 Å². The lowest BCUT2D eigenvalue weighted by molar-refractivity contribution is 0.0989. The van der Waals surface area contributed by atoms with Crippen LogP contribution in [0.4, 0.5) is 0 Å². The second kappa shape index (κ2) is 8.11. The van der Waals surface area contributed by atoms with Gasteiger partial charge in [0, 0.05) is 27.7 Å². The molecule has 22 heavy (non-hydrogen) atoms. The van der Waals surface area contributed by atoms with Crippen molar-refractivity contribution < 1.29 is 14.3 Å². The number of Topliss-reactive ketones (excluding diaryl/α,β-unsaturated/α-hetero) is 1. The van der Waals surface area contributed by atoms with E-state index in [2.05, 4.69) is 0 Å². The van der Waals surface area contributed by atoms with E-state index in [4.69, 9.17) is 21.1 Å². The van der Waals surface area contributed by atoms with Crippen LogP contribution in [0.5, 0.6) is 11.5 Å². The Bertz CT molecular complexity index is 641. The SMILES string of the molecule is COc1ccc(C(=O)CCSc2ccc(Cl)cc2)cc1OC. The van der Waals surface area contributed by atoms with E-state index < -0.39 is 0 Å². The highest BCUT2D eigenvalue weighted by Crippen LogP contribution is 2.28. The van der Waals surface area contributed by atoms with Gasteiger partial charge in [0.2, 0.25) is 0 Å². The van der Waals surface area contributed by atoms with E-state index in [0.29, 0.717) is 28.5 Å². The third-order valence-electron chi connectivity index (χ3n) is 3.12. The molecule has 2 aromatic rings. The summed E-state index contributed by atoms with van der Waals surface area (Å²) in [5, 5.41) is 0.714. The van der Waals surface area contributed by atoms with Crippen LogP contribution in [0.2, 0.25) is 5.02 Å². The van der Waals surface area contributed by atoms with Gasteiger partial charge in [-0.25, -0.2) is 0 Å². The maximum Gasteiger partial charge on any atom is 0.163 e. The van der Waals surface area contributed by atoms with Crippen LogP contribution in [0.15, 0.2) is 47.4 Å². The van der Waals surface area contributed by atoms with Crippen molar-refractivity contribution in [1.82, 2.24) is 0 Å². The number of methoxy groups -OCH3 is 2. The summed E-state index contributed by atoms with van der Waals surface area (Å²) in [4.78, 5) is 13.3. The number of benzene rings is 2. The standard InChI is InChI=1S/C17H17ClO3S/c1-20-16-8-3-12(11-17(16)21-2)15(19)9-10-22-14-6-4-13(18)5-7-14/h3-8,11H,9-10H2,1-2H3. The first kappa shape index (κ1) is 16.7. The first-order chi connectivity index (χ1) is 10.6. The lowest BCUT2D eigenvalue weighted by Crippen LogP contribution is -2.02. The molecular formula is C17H17ClO3S. The van der Waals surface area contributed by atoms with Gasteiger partial charge < -0.3 is 9.47 Å². The Hall–Kier alpha value is -1.65. The largest absolute Gasteiger partial charge is 0.493 e. The fourth-order valence-corrected chi connectivity index (χ4v) is 2.92. The topological polar surface area (TPSA) is 35.5 Å². The number of hydrogen-bond donors (Lipinski definition) is 0. The van der Waals surface area contributed by atoms with Gasteiger partial charge in [-0.1, -0.05) is 11.6 Å². The number of hydrogen-bond acceptors (Lipinski definition) is 4. The highest BCUT2D eigenvalue weighted by atomic mass is 35.5. The monoisotopic (exact) mass is 336 g/mol. The minimum absolute atomic E-state index is 0.0856. The van der Waals surface area contributed by atoms with Gasteiger partial charge in [0.15, 0.2) is 17.3 Å². The Balaban J connectivity index is 1.93. The van der Waals surface area contributed by atoms with Gasteiger partial charge in [-0.15, -0.1) is 11.8 Å². The van der Waals surface area contributed by atoms with Gasteiger partial charge in [0.25, 0.3) is 0 Å². The van der Waals surface area contributed by atoms with Gasteiger partial charge >= 0.3 is 0 Å². The highest BCUT2D eigenvalue weighted by molar-refractivity contribution is 7.99. The van der Waals surface area contributed by atoms with E-state index >= 15 is 0 Å². The van der Waals surface area contributed by atoms with Crippen molar-refractivity contribution in [3.8, 4) is 11.5 Å². The molecule has 2 aromatic carbocycles. The lowest BCUT2D eigenvalue weighted by Gasteiger charge is -2.09. The van der Waals surface area contributed by atoms with Crippen LogP contribution in [-0.2, 0) is 0 Å². The molecule has 3 nitrogen and oxygen atoms in total. The molecule has 0 bridgehead atoms. The smallest absolute Gasteiger partial charge is 0.163 e. The van der Waals surface area contributed by atoms with Gasteiger partial charge in [0.05, 0.1) is 14.2 Å². The molecule has 0 spiro atoms. The molecule has 2 rings (SSSR count). The molecule has 0 radical (unpaired) electrons. The summed E-state index contributed by atoms with van der Waals surface area (Å²) in [6.07, 6.45) is 0.461. The molecule has 116 valence electrons. The van der Waals surface area contributed by atoms with Crippen molar-refractivity contribution in [3.05, 3.63) is 53.1 Å². The van der Waals surface area contributed by atoms with Gasteiger partial charge in [-0.05, 0) is 42.5 Å². The maximum atomic E-state index is 12.2. The van der Waals surface area contributed by atoms with Crippen LogP contribution < -0.4 is 9.47 Å². The highest BCUT2D eigenvalue weighted by Gasteiger charge is 2.10. The van der Waals surface area contributed by atoms with Crippen molar-refractivity contribution >= 4 is 29.1 Å². The quantitative estimate of drug-likeness (QED) is 0.541. The number of carbonyl (C=O) groups excluding carboxylic acids is 1. The molecule has 0 aliphatic carbocycles. The average Bonchev–Trinajstić information content (AvgIpc) is 2.55. The van der Waals surface area contributed by atoms with Crippen molar-refractivity contribution in [1.29, 1.82) is 0 Å². The number of ether oxygens (including phenoxy) is 2. The Morgan fingerprint density at radius 3 is 2.36 bits per heavy atom. The van der Waals surface area contributed by atoms with Crippen molar-refractivity contribution in [2.75, 3.05) is 20.0 Å². The Morgan fingerprint density at radius 1 is 1.05 bits per heavy atom.